The first-order valence-electron chi connectivity index (χ1n) is 7.44. The highest BCUT2D eigenvalue weighted by Crippen LogP contribution is 2.17. The lowest BCUT2D eigenvalue weighted by molar-refractivity contribution is 0.395. The summed E-state index contributed by atoms with van der Waals surface area (Å²) in [7, 11) is 0. The van der Waals surface area contributed by atoms with Crippen molar-refractivity contribution >= 4 is 11.3 Å². The van der Waals surface area contributed by atoms with Crippen molar-refractivity contribution in [3.05, 3.63) is 21.9 Å². The highest BCUT2D eigenvalue weighted by Gasteiger charge is 2.09. The number of thiophene rings is 1. The molecule has 0 aromatic carbocycles. The molecule has 0 spiro atoms. The second kappa shape index (κ2) is 8.71. The molecule has 0 aliphatic rings. The number of aryl methyl sites for hydroxylation is 1. The predicted octanol–water partition coefficient (Wildman–Crippen LogP) is 4.79. The summed E-state index contributed by atoms with van der Waals surface area (Å²) in [6.45, 7) is 10.3. The summed E-state index contributed by atoms with van der Waals surface area (Å²) in [5.41, 5.74) is 0. The summed E-state index contributed by atoms with van der Waals surface area (Å²) >= 11 is 1.93. The van der Waals surface area contributed by atoms with Crippen molar-refractivity contribution in [2.24, 2.45) is 5.92 Å². The Balaban J connectivity index is 2.24. The van der Waals surface area contributed by atoms with Gasteiger partial charge in [0.1, 0.15) is 0 Å². The van der Waals surface area contributed by atoms with Crippen LogP contribution in [0.25, 0.3) is 0 Å². The van der Waals surface area contributed by atoms with Crippen LogP contribution in [0.2, 0.25) is 0 Å². The maximum Gasteiger partial charge on any atom is 0.00871 e. The van der Waals surface area contributed by atoms with Crippen molar-refractivity contribution in [2.45, 2.75) is 65.8 Å². The van der Waals surface area contributed by atoms with E-state index in [1.54, 1.807) is 0 Å². The van der Waals surface area contributed by atoms with Crippen molar-refractivity contribution in [1.29, 1.82) is 0 Å². The molecule has 0 radical (unpaired) electrons. The Labute approximate surface area is 117 Å². The van der Waals surface area contributed by atoms with Gasteiger partial charge >= 0.3 is 0 Å². The van der Waals surface area contributed by atoms with Gasteiger partial charge in [-0.05, 0) is 51.3 Å². The van der Waals surface area contributed by atoms with Crippen molar-refractivity contribution < 1.29 is 0 Å². The first-order valence-corrected chi connectivity index (χ1v) is 8.26. The van der Waals surface area contributed by atoms with Crippen molar-refractivity contribution in [1.82, 2.24) is 5.32 Å². The third kappa shape index (κ3) is 6.01. The monoisotopic (exact) mass is 267 g/mol. The van der Waals surface area contributed by atoms with Gasteiger partial charge in [-0.2, -0.15) is 0 Å². The summed E-state index contributed by atoms with van der Waals surface area (Å²) in [6, 6.07) is 5.09. The molecule has 0 aliphatic carbocycles. The molecular formula is C16H29NS. The van der Waals surface area contributed by atoms with Crippen LogP contribution in [0.5, 0.6) is 0 Å². The molecule has 1 aromatic rings. The van der Waals surface area contributed by atoms with Crippen LogP contribution in [0.4, 0.5) is 0 Å². The van der Waals surface area contributed by atoms with Gasteiger partial charge in [0.25, 0.3) is 0 Å². The van der Waals surface area contributed by atoms with E-state index in [1.807, 2.05) is 11.3 Å². The maximum atomic E-state index is 3.71. The molecule has 0 bridgehead atoms. The maximum absolute atomic E-state index is 3.71. The van der Waals surface area contributed by atoms with Gasteiger partial charge in [-0.15, -0.1) is 11.3 Å². The smallest absolute Gasteiger partial charge is 0.00871 e. The van der Waals surface area contributed by atoms with Crippen molar-refractivity contribution in [2.75, 3.05) is 6.54 Å². The zero-order valence-corrected chi connectivity index (χ0v) is 13.3. The summed E-state index contributed by atoms with van der Waals surface area (Å²) < 4.78 is 0. The molecule has 0 aliphatic heterocycles. The van der Waals surface area contributed by atoms with E-state index in [-0.39, 0.29) is 0 Å². The van der Waals surface area contributed by atoms with E-state index in [2.05, 4.69) is 45.1 Å². The average Bonchev–Trinajstić information content (AvgIpc) is 2.75. The third-order valence-corrected chi connectivity index (χ3v) is 4.62. The molecule has 2 unspecified atom stereocenters. The van der Waals surface area contributed by atoms with Crippen LogP contribution in [-0.4, -0.2) is 12.6 Å². The van der Waals surface area contributed by atoms with Gasteiger partial charge in [-0.3, -0.25) is 0 Å². The lowest BCUT2D eigenvalue weighted by Crippen LogP contribution is -2.32. The van der Waals surface area contributed by atoms with Crippen molar-refractivity contribution in [3.63, 3.8) is 0 Å². The molecule has 1 nitrogen and oxygen atoms in total. The average molecular weight is 267 g/mol. The standard InChI is InChI=1S/C16H29NS/c1-5-7-8-15(6-2)12-17-13(3)11-16-10-9-14(4)18-16/h9-10,13,15,17H,5-8,11-12H2,1-4H3. The molecule has 0 saturated heterocycles. The second-order valence-corrected chi connectivity index (χ2v) is 6.81. The molecule has 0 fully saturated rings. The molecular weight excluding hydrogens is 238 g/mol. The minimum absolute atomic E-state index is 0.596. The van der Waals surface area contributed by atoms with Gasteiger partial charge in [0.2, 0.25) is 0 Å². The van der Waals surface area contributed by atoms with E-state index in [9.17, 15) is 0 Å². The lowest BCUT2D eigenvalue weighted by Gasteiger charge is -2.19. The Morgan fingerprint density at radius 2 is 2.06 bits per heavy atom. The number of unbranched alkanes of at least 4 members (excludes halogenated alkanes) is 1. The van der Waals surface area contributed by atoms with Crippen LogP contribution < -0.4 is 5.32 Å². The molecule has 0 saturated carbocycles. The highest BCUT2D eigenvalue weighted by molar-refractivity contribution is 7.11. The summed E-state index contributed by atoms with van der Waals surface area (Å²) in [5, 5.41) is 3.71. The zero-order chi connectivity index (χ0) is 13.4. The first-order chi connectivity index (χ1) is 8.65. The molecule has 1 aromatic heterocycles. The number of nitrogens with one attached hydrogen (secondary N) is 1. The number of hydrogen-bond acceptors (Lipinski definition) is 2. The van der Waals surface area contributed by atoms with E-state index in [4.69, 9.17) is 0 Å². The van der Waals surface area contributed by atoms with Gasteiger partial charge in [0, 0.05) is 15.8 Å². The minimum Gasteiger partial charge on any atom is -0.314 e. The Morgan fingerprint density at radius 3 is 2.61 bits per heavy atom. The Morgan fingerprint density at radius 1 is 1.28 bits per heavy atom. The van der Waals surface area contributed by atoms with Gasteiger partial charge in [-0.1, -0.05) is 33.1 Å². The molecule has 18 heavy (non-hydrogen) atoms. The van der Waals surface area contributed by atoms with E-state index in [0.29, 0.717) is 6.04 Å². The van der Waals surface area contributed by atoms with Crippen LogP contribution in [0, 0.1) is 12.8 Å². The molecule has 1 heterocycles. The van der Waals surface area contributed by atoms with Gasteiger partial charge < -0.3 is 5.32 Å². The predicted molar refractivity (Wildman–Crippen MR) is 83.5 cm³/mol. The van der Waals surface area contributed by atoms with E-state index in [0.717, 1.165) is 5.92 Å². The molecule has 1 rings (SSSR count). The Hall–Kier alpha value is -0.340. The van der Waals surface area contributed by atoms with E-state index < -0.39 is 0 Å². The van der Waals surface area contributed by atoms with Crippen LogP contribution in [0.1, 0.15) is 56.2 Å². The second-order valence-electron chi connectivity index (χ2n) is 5.44. The summed E-state index contributed by atoms with van der Waals surface area (Å²) in [5.74, 6) is 0.859. The molecule has 0 amide bonds. The quantitative estimate of drug-likeness (QED) is 0.678. The Bertz CT molecular complexity index is 319. The zero-order valence-electron chi connectivity index (χ0n) is 12.5. The Kier molecular flexibility index (Phi) is 7.60. The molecule has 2 heteroatoms. The van der Waals surface area contributed by atoms with Gasteiger partial charge in [0.05, 0.1) is 0 Å². The van der Waals surface area contributed by atoms with Crippen molar-refractivity contribution in [3.8, 4) is 0 Å². The van der Waals surface area contributed by atoms with Gasteiger partial charge in [0.15, 0.2) is 0 Å². The summed E-state index contributed by atoms with van der Waals surface area (Å²) in [4.78, 5) is 2.93. The van der Waals surface area contributed by atoms with Crippen LogP contribution in [0.15, 0.2) is 12.1 Å². The fourth-order valence-electron chi connectivity index (χ4n) is 2.28. The molecule has 1 N–H and O–H groups in total. The molecule has 2 atom stereocenters. The van der Waals surface area contributed by atoms with E-state index in [1.165, 1.54) is 48.4 Å². The number of rotatable bonds is 9. The fourth-order valence-corrected chi connectivity index (χ4v) is 3.30. The normalized spacial score (nSPS) is 14.7. The van der Waals surface area contributed by atoms with Gasteiger partial charge in [-0.25, -0.2) is 0 Å². The first kappa shape index (κ1) is 15.7. The highest BCUT2D eigenvalue weighted by atomic mass is 32.1. The SMILES string of the molecule is CCCCC(CC)CNC(C)Cc1ccc(C)s1. The van der Waals surface area contributed by atoms with Crippen LogP contribution in [0.3, 0.4) is 0 Å². The number of hydrogen-bond donors (Lipinski definition) is 1. The van der Waals surface area contributed by atoms with E-state index >= 15 is 0 Å². The topological polar surface area (TPSA) is 12.0 Å². The minimum atomic E-state index is 0.596. The lowest BCUT2D eigenvalue weighted by atomic mass is 9.99. The fraction of sp³-hybridized carbons (Fsp3) is 0.750. The van der Waals surface area contributed by atoms with Crippen LogP contribution in [-0.2, 0) is 6.42 Å². The summed E-state index contributed by atoms with van der Waals surface area (Å²) in [6.07, 6.45) is 6.55. The van der Waals surface area contributed by atoms with Crippen LogP contribution >= 0.6 is 11.3 Å². The third-order valence-electron chi connectivity index (χ3n) is 3.60. The largest absolute Gasteiger partial charge is 0.314 e. The molecule has 104 valence electrons.